The molecule has 2 N–H and O–H groups in total. The number of aliphatic carboxylic acids is 1. The van der Waals surface area contributed by atoms with Crippen LogP contribution < -0.4 is 5.32 Å². The van der Waals surface area contributed by atoms with Gasteiger partial charge in [0.05, 0.1) is 10.9 Å². The maximum absolute atomic E-state index is 11.7. The lowest BCUT2D eigenvalue weighted by atomic mass is 9.80. The van der Waals surface area contributed by atoms with Gasteiger partial charge in [0.25, 0.3) is 0 Å². The monoisotopic (exact) mass is 314 g/mol. The van der Waals surface area contributed by atoms with Crippen molar-refractivity contribution in [3.63, 3.8) is 0 Å². The molecule has 1 aromatic carbocycles. The van der Waals surface area contributed by atoms with E-state index in [1.807, 2.05) is 6.07 Å². The van der Waals surface area contributed by atoms with Crippen LogP contribution in [-0.2, 0) is 16.1 Å². The second kappa shape index (κ2) is 6.64. The summed E-state index contributed by atoms with van der Waals surface area (Å²) in [6.45, 7) is 4.17. The number of rotatable bonds is 5. The van der Waals surface area contributed by atoms with Gasteiger partial charge in [0.15, 0.2) is 0 Å². The number of carboxylic acids is 1. The molecule has 0 radical (unpaired) electrons. The fourth-order valence-corrected chi connectivity index (χ4v) is 3.18. The number of ether oxygens (including phenoxy) is 1. The number of hydrogen-bond donors (Lipinski definition) is 2. The van der Waals surface area contributed by atoms with Crippen LogP contribution >= 0.6 is 0 Å². The van der Waals surface area contributed by atoms with Crippen molar-refractivity contribution in [2.45, 2.75) is 26.3 Å². The number of aromatic nitrogens is 1. The fourth-order valence-electron chi connectivity index (χ4n) is 3.18. The summed E-state index contributed by atoms with van der Waals surface area (Å²) >= 11 is 0. The van der Waals surface area contributed by atoms with E-state index < -0.39 is 11.4 Å². The van der Waals surface area contributed by atoms with Crippen LogP contribution in [0, 0.1) is 12.3 Å². The Hall–Kier alpha value is -1.98. The predicted octanol–water partition coefficient (Wildman–Crippen LogP) is 2.51. The smallest absolute Gasteiger partial charge is 0.311 e. The van der Waals surface area contributed by atoms with Gasteiger partial charge in [0.2, 0.25) is 0 Å². The Labute approximate surface area is 135 Å². The molecule has 0 spiro atoms. The van der Waals surface area contributed by atoms with Crippen LogP contribution in [0.25, 0.3) is 10.9 Å². The summed E-state index contributed by atoms with van der Waals surface area (Å²) in [5, 5.41) is 14.1. The molecule has 1 fully saturated rings. The Morgan fingerprint density at radius 2 is 2.13 bits per heavy atom. The number of carboxylic acid groups (broad SMARTS) is 1. The molecule has 2 heterocycles. The molecule has 3 rings (SSSR count). The molecule has 0 saturated carbocycles. The normalized spacial score (nSPS) is 17.3. The molecule has 5 heteroatoms. The minimum absolute atomic E-state index is 0.452. The Balaban J connectivity index is 1.73. The first-order valence-corrected chi connectivity index (χ1v) is 7.97. The van der Waals surface area contributed by atoms with Crippen molar-refractivity contribution in [1.82, 2.24) is 10.3 Å². The van der Waals surface area contributed by atoms with Crippen molar-refractivity contribution in [2.75, 3.05) is 19.8 Å². The summed E-state index contributed by atoms with van der Waals surface area (Å²) in [6.07, 6.45) is 2.91. The van der Waals surface area contributed by atoms with Gasteiger partial charge < -0.3 is 15.2 Å². The average Bonchev–Trinajstić information content (AvgIpc) is 2.58. The van der Waals surface area contributed by atoms with Crippen LogP contribution in [0.3, 0.4) is 0 Å². The van der Waals surface area contributed by atoms with Crippen molar-refractivity contribution < 1.29 is 14.6 Å². The largest absolute Gasteiger partial charge is 0.481 e. The topological polar surface area (TPSA) is 71.5 Å². The SMILES string of the molecule is Cc1ccc(CNCC2(C(=O)O)CCOCC2)c2ncccc12. The van der Waals surface area contributed by atoms with Crippen LogP contribution in [0.15, 0.2) is 30.5 Å². The standard InChI is InChI=1S/C18H22N2O3/c1-13-4-5-14(16-15(13)3-2-8-20-16)11-19-12-18(17(21)22)6-9-23-10-7-18/h2-5,8,19H,6-7,9-12H2,1H3,(H,21,22). The van der Waals surface area contributed by atoms with Crippen LogP contribution in [0.2, 0.25) is 0 Å². The summed E-state index contributed by atoms with van der Waals surface area (Å²) in [6, 6.07) is 8.16. The highest BCUT2D eigenvalue weighted by atomic mass is 16.5. The first kappa shape index (κ1) is 15.9. The minimum Gasteiger partial charge on any atom is -0.481 e. The predicted molar refractivity (Wildman–Crippen MR) is 88.3 cm³/mol. The molecule has 0 unspecified atom stereocenters. The molecule has 1 aromatic heterocycles. The summed E-state index contributed by atoms with van der Waals surface area (Å²) in [5.74, 6) is -0.736. The zero-order valence-corrected chi connectivity index (χ0v) is 13.3. The van der Waals surface area contributed by atoms with Gasteiger partial charge in [-0.05, 0) is 37.0 Å². The van der Waals surface area contributed by atoms with Gasteiger partial charge >= 0.3 is 5.97 Å². The zero-order chi connectivity index (χ0) is 16.3. The highest BCUT2D eigenvalue weighted by Crippen LogP contribution is 2.30. The highest BCUT2D eigenvalue weighted by molar-refractivity contribution is 5.84. The molecule has 1 aliphatic rings. The second-order valence-corrected chi connectivity index (χ2v) is 6.24. The van der Waals surface area contributed by atoms with Crippen LogP contribution in [0.1, 0.15) is 24.0 Å². The molecule has 122 valence electrons. The summed E-state index contributed by atoms with van der Waals surface area (Å²) in [7, 11) is 0. The number of aryl methyl sites for hydroxylation is 1. The molecule has 1 saturated heterocycles. The molecular weight excluding hydrogens is 292 g/mol. The van der Waals surface area contributed by atoms with Crippen molar-refractivity contribution >= 4 is 16.9 Å². The lowest BCUT2D eigenvalue weighted by Gasteiger charge is -2.33. The number of carbonyl (C=O) groups is 1. The number of hydrogen-bond acceptors (Lipinski definition) is 4. The Morgan fingerprint density at radius 1 is 1.35 bits per heavy atom. The van der Waals surface area contributed by atoms with E-state index in [0.29, 0.717) is 39.1 Å². The maximum Gasteiger partial charge on any atom is 0.311 e. The lowest BCUT2D eigenvalue weighted by molar-refractivity contribution is -0.154. The first-order valence-electron chi connectivity index (χ1n) is 7.97. The number of pyridine rings is 1. The van der Waals surface area contributed by atoms with Crippen molar-refractivity contribution in [1.29, 1.82) is 0 Å². The molecule has 0 atom stereocenters. The Morgan fingerprint density at radius 3 is 2.87 bits per heavy atom. The van der Waals surface area contributed by atoms with Gasteiger partial charge in [-0.1, -0.05) is 18.2 Å². The van der Waals surface area contributed by atoms with Crippen molar-refractivity contribution in [3.8, 4) is 0 Å². The summed E-state index contributed by atoms with van der Waals surface area (Å²) in [5.41, 5.74) is 2.56. The maximum atomic E-state index is 11.7. The summed E-state index contributed by atoms with van der Waals surface area (Å²) < 4.78 is 5.31. The van der Waals surface area contributed by atoms with E-state index >= 15 is 0 Å². The molecule has 1 aliphatic heterocycles. The van der Waals surface area contributed by atoms with E-state index in [0.717, 1.165) is 16.5 Å². The number of nitrogens with zero attached hydrogens (tertiary/aromatic N) is 1. The van der Waals surface area contributed by atoms with Gasteiger partial charge in [-0.15, -0.1) is 0 Å². The highest BCUT2D eigenvalue weighted by Gasteiger charge is 2.39. The van der Waals surface area contributed by atoms with Gasteiger partial charge in [-0.3, -0.25) is 9.78 Å². The molecule has 5 nitrogen and oxygen atoms in total. The van der Waals surface area contributed by atoms with Crippen LogP contribution in [0.4, 0.5) is 0 Å². The quantitative estimate of drug-likeness (QED) is 0.887. The third-order valence-corrected chi connectivity index (χ3v) is 4.75. The van der Waals surface area contributed by atoms with E-state index in [-0.39, 0.29) is 0 Å². The van der Waals surface area contributed by atoms with Crippen LogP contribution in [0.5, 0.6) is 0 Å². The summed E-state index contributed by atoms with van der Waals surface area (Å²) in [4.78, 5) is 16.2. The molecule has 2 aromatic rings. The van der Waals surface area contributed by atoms with E-state index in [4.69, 9.17) is 4.74 Å². The number of fused-ring (bicyclic) bond motifs is 1. The second-order valence-electron chi connectivity index (χ2n) is 6.24. The van der Waals surface area contributed by atoms with Crippen LogP contribution in [-0.4, -0.2) is 35.8 Å². The number of nitrogens with one attached hydrogen (secondary N) is 1. The first-order chi connectivity index (χ1) is 11.1. The lowest BCUT2D eigenvalue weighted by Crippen LogP contribution is -2.44. The van der Waals surface area contributed by atoms with E-state index in [2.05, 4.69) is 35.4 Å². The third kappa shape index (κ3) is 3.21. The average molecular weight is 314 g/mol. The Bertz CT molecular complexity index is 708. The number of benzene rings is 1. The van der Waals surface area contributed by atoms with Gasteiger partial charge in [-0.25, -0.2) is 0 Å². The van der Waals surface area contributed by atoms with E-state index in [1.165, 1.54) is 5.56 Å². The van der Waals surface area contributed by atoms with Gasteiger partial charge in [0, 0.05) is 37.9 Å². The minimum atomic E-state index is -0.736. The van der Waals surface area contributed by atoms with Gasteiger partial charge in [0.1, 0.15) is 0 Å². The van der Waals surface area contributed by atoms with E-state index in [9.17, 15) is 9.90 Å². The third-order valence-electron chi connectivity index (χ3n) is 4.75. The van der Waals surface area contributed by atoms with Crippen molar-refractivity contribution in [3.05, 3.63) is 41.6 Å². The van der Waals surface area contributed by atoms with Gasteiger partial charge in [-0.2, -0.15) is 0 Å². The fraction of sp³-hybridized carbons (Fsp3) is 0.444. The molecule has 23 heavy (non-hydrogen) atoms. The molecule has 0 amide bonds. The molecular formula is C18H22N2O3. The Kier molecular flexibility index (Phi) is 4.59. The molecule has 0 bridgehead atoms. The molecule has 0 aliphatic carbocycles. The van der Waals surface area contributed by atoms with Crippen molar-refractivity contribution in [2.24, 2.45) is 5.41 Å². The zero-order valence-electron chi connectivity index (χ0n) is 13.3. The van der Waals surface area contributed by atoms with E-state index in [1.54, 1.807) is 6.20 Å².